The topological polar surface area (TPSA) is 92.7 Å². The smallest absolute Gasteiger partial charge is 0.407 e. The van der Waals surface area contributed by atoms with Gasteiger partial charge in [-0.2, -0.15) is 0 Å². The van der Waals surface area contributed by atoms with Crippen molar-refractivity contribution in [1.82, 2.24) is 5.32 Å². The molecule has 0 aliphatic heterocycles. The first-order valence-electron chi connectivity index (χ1n) is 7.21. The zero-order valence-corrected chi connectivity index (χ0v) is 12.2. The summed E-state index contributed by atoms with van der Waals surface area (Å²) in [7, 11) is 0. The Hall–Kier alpha value is -2.37. The summed E-state index contributed by atoms with van der Waals surface area (Å²) >= 11 is 0. The van der Waals surface area contributed by atoms with Crippen LogP contribution in [-0.4, -0.2) is 29.5 Å². The third-order valence-electron chi connectivity index (χ3n) is 3.88. The molecule has 1 amide bonds. The van der Waals surface area contributed by atoms with Crippen LogP contribution in [0.5, 0.6) is 0 Å². The van der Waals surface area contributed by atoms with E-state index in [1.54, 1.807) is 0 Å². The normalized spacial score (nSPS) is 21.2. The van der Waals surface area contributed by atoms with Crippen LogP contribution in [0.2, 0.25) is 0 Å². The van der Waals surface area contributed by atoms with Gasteiger partial charge >= 0.3 is 12.1 Å². The van der Waals surface area contributed by atoms with E-state index in [-0.39, 0.29) is 25.4 Å². The molecule has 0 saturated heterocycles. The van der Waals surface area contributed by atoms with Gasteiger partial charge in [0.05, 0.1) is 5.41 Å². The lowest BCUT2D eigenvalue weighted by molar-refractivity contribution is -0.153. The van der Waals surface area contributed by atoms with Crippen molar-refractivity contribution in [3.8, 4) is 0 Å². The summed E-state index contributed by atoms with van der Waals surface area (Å²) in [5, 5.41) is 11.9. The zero-order chi connectivity index (χ0) is 16.0. The van der Waals surface area contributed by atoms with E-state index >= 15 is 0 Å². The Morgan fingerprint density at radius 3 is 2.64 bits per heavy atom. The molecule has 0 aromatic heterocycles. The Labute approximate surface area is 128 Å². The number of carboxylic acid groups (broad SMARTS) is 1. The van der Waals surface area contributed by atoms with Crippen LogP contribution in [0.25, 0.3) is 0 Å². The van der Waals surface area contributed by atoms with Gasteiger partial charge in [0.2, 0.25) is 0 Å². The average molecular weight is 305 g/mol. The van der Waals surface area contributed by atoms with Gasteiger partial charge in [-0.15, -0.1) is 0 Å². The number of alkyl carbamates (subject to hydrolysis) is 1. The summed E-state index contributed by atoms with van der Waals surface area (Å²) in [5.41, 5.74) is -0.361. The maximum atomic E-state index is 11.7. The molecule has 0 spiro atoms. The van der Waals surface area contributed by atoms with Crippen LogP contribution in [0.4, 0.5) is 4.79 Å². The first-order chi connectivity index (χ1) is 10.5. The molecule has 1 unspecified atom stereocenters. The Balaban J connectivity index is 1.85. The highest BCUT2D eigenvalue weighted by Crippen LogP contribution is 2.34. The second-order valence-corrected chi connectivity index (χ2v) is 5.57. The molecule has 0 radical (unpaired) electrons. The Bertz CT molecular complexity index is 557. The number of rotatable bonds is 5. The van der Waals surface area contributed by atoms with E-state index < -0.39 is 17.5 Å². The number of carbonyl (C=O) groups is 3. The van der Waals surface area contributed by atoms with Crippen molar-refractivity contribution < 1.29 is 24.2 Å². The number of hydrogen-bond acceptors (Lipinski definition) is 4. The van der Waals surface area contributed by atoms with Crippen LogP contribution in [0.1, 0.15) is 31.2 Å². The largest absolute Gasteiger partial charge is 0.481 e. The fraction of sp³-hybridized carbons (Fsp3) is 0.438. The number of hydrogen-bond donors (Lipinski definition) is 2. The van der Waals surface area contributed by atoms with Gasteiger partial charge in [-0.05, 0) is 18.4 Å². The maximum absolute atomic E-state index is 11.7. The molecule has 0 bridgehead atoms. The number of amides is 1. The molecule has 1 fully saturated rings. The molecule has 1 atom stereocenters. The molecular formula is C16H19NO5. The van der Waals surface area contributed by atoms with E-state index in [4.69, 9.17) is 4.74 Å². The van der Waals surface area contributed by atoms with Crippen LogP contribution in [-0.2, 0) is 20.9 Å². The third kappa shape index (κ3) is 4.07. The highest BCUT2D eigenvalue weighted by atomic mass is 16.5. The van der Waals surface area contributed by atoms with E-state index in [1.165, 1.54) is 0 Å². The van der Waals surface area contributed by atoms with Crippen LogP contribution < -0.4 is 5.32 Å². The first kappa shape index (κ1) is 16.0. The number of benzene rings is 1. The number of carbonyl (C=O) groups excluding carboxylic acids is 2. The van der Waals surface area contributed by atoms with Crippen molar-refractivity contribution in [2.45, 2.75) is 32.3 Å². The Morgan fingerprint density at radius 2 is 2.00 bits per heavy atom. The van der Waals surface area contributed by atoms with Gasteiger partial charge in [-0.3, -0.25) is 9.59 Å². The second kappa shape index (κ2) is 7.06. The summed E-state index contributed by atoms with van der Waals surface area (Å²) < 4.78 is 5.04. The van der Waals surface area contributed by atoms with Crippen molar-refractivity contribution in [3.05, 3.63) is 35.9 Å². The predicted molar refractivity (Wildman–Crippen MR) is 78.2 cm³/mol. The van der Waals surface area contributed by atoms with E-state index in [0.29, 0.717) is 19.3 Å². The lowest BCUT2D eigenvalue weighted by Crippen LogP contribution is -2.46. The summed E-state index contributed by atoms with van der Waals surface area (Å²) in [6.45, 7) is 0.0212. The van der Waals surface area contributed by atoms with Gasteiger partial charge < -0.3 is 15.2 Å². The van der Waals surface area contributed by atoms with Crippen molar-refractivity contribution >= 4 is 17.8 Å². The number of nitrogens with one attached hydrogen (secondary N) is 1. The molecule has 2 N–H and O–H groups in total. The van der Waals surface area contributed by atoms with Crippen molar-refractivity contribution in [3.63, 3.8) is 0 Å². The molecule has 0 heterocycles. The van der Waals surface area contributed by atoms with Gasteiger partial charge in [-0.25, -0.2) is 4.79 Å². The molecule has 2 rings (SSSR count). The van der Waals surface area contributed by atoms with E-state index in [2.05, 4.69) is 5.32 Å². The summed E-state index contributed by atoms with van der Waals surface area (Å²) in [4.78, 5) is 34.7. The number of aliphatic carboxylic acids is 1. The molecule has 1 aromatic rings. The molecular weight excluding hydrogens is 286 g/mol. The third-order valence-corrected chi connectivity index (χ3v) is 3.88. The van der Waals surface area contributed by atoms with Crippen molar-refractivity contribution in [2.75, 3.05) is 6.54 Å². The Morgan fingerprint density at radius 1 is 1.27 bits per heavy atom. The standard InChI is InChI=1S/C16H19NO5/c18-13-7-4-8-16(9-13,14(19)20)11-17-15(21)22-10-12-5-2-1-3-6-12/h1-3,5-6H,4,7-11H2,(H,17,21)(H,19,20). The van der Waals surface area contributed by atoms with Gasteiger partial charge in [0.1, 0.15) is 12.4 Å². The van der Waals surface area contributed by atoms with Crippen LogP contribution in [0.3, 0.4) is 0 Å². The summed E-state index contributed by atoms with van der Waals surface area (Å²) in [6.07, 6.45) is 0.607. The lowest BCUT2D eigenvalue weighted by atomic mass is 9.73. The molecule has 118 valence electrons. The van der Waals surface area contributed by atoms with Gasteiger partial charge in [0.15, 0.2) is 0 Å². The highest BCUT2D eigenvalue weighted by molar-refractivity contribution is 5.88. The molecule has 1 aromatic carbocycles. The minimum absolute atomic E-state index is 0.0404. The number of ether oxygens (including phenoxy) is 1. The number of ketones is 1. The van der Waals surface area contributed by atoms with Crippen LogP contribution >= 0.6 is 0 Å². The summed E-state index contributed by atoms with van der Waals surface area (Å²) in [5.74, 6) is -1.13. The summed E-state index contributed by atoms with van der Waals surface area (Å²) in [6, 6.07) is 9.19. The second-order valence-electron chi connectivity index (χ2n) is 5.57. The monoisotopic (exact) mass is 305 g/mol. The average Bonchev–Trinajstić information content (AvgIpc) is 2.52. The first-order valence-corrected chi connectivity index (χ1v) is 7.21. The van der Waals surface area contributed by atoms with Crippen molar-refractivity contribution in [2.24, 2.45) is 5.41 Å². The molecule has 6 nitrogen and oxygen atoms in total. The fourth-order valence-electron chi connectivity index (χ4n) is 2.60. The fourth-order valence-corrected chi connectivity index (χ4v) is 2.60. The molecule has 1 aliphatic rings. The predicted octanol–water partition coefficient (Wildman–Crippen LogP) is 2.13. The quantitative estimate of drug-likeness (QED) is 0.869. The van der Waals surface area contributed by atoms with Crippen LogP contribution in [0, 0.1) is 5.41 Å². The molecule has 1 saturated carbocycles. The molecule has 22 heavy (non-hydrogen) atoms. The number of Topliss-reactive ketones (excluding diaryl/α,β-unsaturated/α-hetero) is 1. The minimum atomic E-state index is -1.21. The SMILES string of the molecule is O=C1CCCC(CNC(=O)OCc2ccccc2)(C(=O)O)C1. The highest BCUT2D eigenvalue weighted by Gasteiger charge is 2.43. The molecule has 1 aliphatic carbocycles. The van der Waals surface area contributed by atoms with Gasteiger partial charge in [0.25, 0.3) is 0 Å². The van der Waals surface area contributed by atoms with E-state index in [0.717, 1.165) is 5.56 Å². The van der Waals surface area contributed by atoms with E-state index in [1.807, 2.05) is 30.3 Å². The van der Waals surface area contributed by atoms with Gasteiger partial charge in [0, 0.05) is 19.4 Å². The van der Waals surface area contributed by atoms with Crippen molar-refractivity contribution in [1.29, 1.82) is 0 Å². The number of carboxylic acids is 1. The van der Waals surface area contributed by atoms with Crippen LogP contribution in [0.15, 0.2) is 30.3 Å². The van der Waals surface area contributed by atoms with E-state index in [9.17, 15) is 19.5 Å². The lowest BCUT2D eigenvalue weighted by Gasteiger charge is -2.32. The van der Waals surface area contributed by atoms with Gasteiger partial charge in [-0.1, -0.05) is 30.3 Å². The Kier molecular flexibility index (Phi) is 5.14. The zero-order valence-electron chi connectivity index (χ0n) is 12.2. The molecule has 6 heteroatoms. The maximum Gasteiger partial charge on any atom is 0.407 e. The minimum Gasteiger partial charge on any atom is -0.481 e.